The van der Waals surface area contributed by atoms with Gasteiger partial charge in [-0.25, -0.2) is 9.37 Å². The third kappa shape index (κ3) is 4.01. The van der Waals surface area contributed by atoms with Crippen LogP contribution in [0.25, 0.3) is 27.7 Å². The van der Waals surface area contributed by atoms with E-state index in [0.29, 0.717) is 70.4 Å². The van der Waals surface area contributed by atoms with Gasteiger partial charge in [0.15, 0.2) is 17.3 Å². The molecule has 0 radical (unpaired) electrons. The average Bonchev–Trinajstić information content (AvgIpc) is 3.24. The summed E-state index contributed by atoms with van der Waals surface area (Å²) in [4.78, 5) is 38.4. The lowest BCUT2D eigenvalue weighted by Gasteiger charge is -2.34. The van der Waals surface area contributed by atoms with Crippen LogP contribution in [-0.2, 0) is 16.5 Å². The maximum absolute atomic E-state index is 15.4. The van der Waals surface area contributed by atoms with E-state index in [2.05, 4.69) is 4.90 Å². The Balaban J connectivity index is 1.54. The third-order valence-electron chi connectivity index (χ3n) is 7.65. The highest BCUT2D eigenvalue weighted by Crippen LogP contribution is 2.29. The second kappa shape index (κ2) is 9.97. The molecule has 3 aromatic heterocycles. The van der Waals surface area contributed by atoms with Crippen LogP contribution in [0.1, 0.15) is 10.4 Å². The van der Waals surface area contributed by atoms with Crippen LogP contribution < -0.4 is 10.3 Å². The van der Waals surface area contributed by atoms with Crippen LogP contribution in [-0.4, -0.2) is 102 Å². The Hall–Kier alpha value is -3.54. The summed E-state index contributed by atoms with van der Waals surface area (Å²) in [5, 5.41) is 0.0930. The summed E-state index contributed by atoms with van der Waals surface area (Å²) in [6, 6.07) is 8.92. The number of halogens is 1. The Morgan fingerprint density at radius 3 is 2.50 bits per heavy atom. The van der Waals surface area contributed by atoms with Crippen molar-refractivity contribution < 1.29 is 18.7 Å². The van der Waals surface area contributed by atoms with Crippen molar-refractivity contribution in [3.8, 4) is 0 Å². The van der Waals surface area contributed by atoms with E-state index in [-0.39, 0.29) is 22.7 Å². The molecule has 0 N–H and O–H groups in total. The Labute approximate surface area is 218 Å². The molecule has 1 aromatic carbocycles. The fourth-order valence-corrected chi connectivity index (χ4v) is 5.60. The number of piperazine rings is 1. The number of carbonyl (C=O) groups is 1. The molecule has 5 heterocycles. The summed E-state index contributed by atoms with van der Waals surface area (Å²) in [5.41, 5.74) is 1.98. The van der Waals surface area contributed by atoms with Gasteiger partial charge in [0, 0.05) is 60.0 Å². The maximum Gasteiger partial charge on any atom is 0.261 e. The number of amides is 1. The summed E-state index contributed by atoms with van der Waals surface area (Å²) >= 11 is 0. The first-order valence-corrected chi connectivity index (χ1v) is 12.9. The molecule has 11 heteroatoms. The summed E-state index contributed by atoms with van der Waals surface area (Å²) in [6.45, 7) is 5.79. The van der Waals surface area contributed by atoms with Crippen LogP contribution in [0, 0.1) is 5.82 Å². The number of aromatic nitrogens is 3. The SMILES string of the molecule is COCCN1CCN(C(=O)c2c(=O)c3cc(F)c(N4CCOCC4)nc3n3c4ccccc4n(C)c23)CC1. The second-order valence-electron chi connectivity index (χ2n) is 9.80. The predicted molar refractivity (Wildman–Crippen MR) is 143 cm³/mol. The third-order valence-corrected chi connectivity index (χ3v) is 7.65. The minimum Gasteiger partial charge on any atom is -0.383 e. The number of benzene rings is 1. The molecule has 6 rings (SSSR count). The van der Waals surface area contributed by atoms with Crippen molar-refractivity contribution in [2.75, 3.05) is 77.6 Å². The van der Waals surface area contributed by atoms with Crippen molar-refractivity contribution in [2.45, 2.75) is 0 Å². The molecular weight excluding hydrogens is 491 g/mol. The van der Waals surface area contributed by atoms with Gasteiger partial charge in [-0.05, 0) is 18.2 Å². The molecule has 4 aromatic rings. The number of ether oxygens (including phenoxy) is 2. The zero-order valence-electron chi connectivity index (χ0n) is 21.7. The Kier molecular flexibility index (Phi) is 6.50. The number of hydrogen-bond acceptors (Lipinski definition) is 7. The minimum atomic E-state index is -0.582. The zero-order valence-corrected chi connectivity index (χ0v) is 21.7. The smallest absolute Gasteiger partial charge is 0.261 e. The molecule has 0 aliphatic carbocycles. The molecule has 0 spiro atoms. The standard InChI is InChI=1S/C27H31FN6O4/c1-30-20-5-3-4-6-21(20)34-24-18(17-19(28)25(29-24)32-12-15-38-16-13-32)23(35)22(26(30)34)27(36)33-9-7-31(8-10-33)11-14-37-2/h3-6,17H,7-16H2,1-2H3. The predicted octanol–water partition coefficient (Wildman–Crippen LogP) is 1.72. The van der Waals surface area contributed by atoms with E-state index in [1.165, 1.54) is 6.07 Å². The van der Waals surface area contributed by atoms with Crippen molar-refractivity contribution in [3.63, 3.8) is 0 Å². The van der Waals surface area contributed by atoms with Gasteiger partial charge in [-0.15, -0.1) is 0 Å². The highest BCUT2D eigenvalue weighted by molar-refractivity contribution is 6.06. The van der Waals surface area contributed by atoms with Crippen molar-refractivity contribution in [3.05, 3.63) is 51.9 Å². The number of aryl methyl sites for hydroxylation is 1. The second-order valence-corrected chi connectivity index (χ2v) is 9.80. The number of pyridine rings is 2. The van der Waals surface area contributed by atoms with Crippen molar-refractivity contribution in [1.82, 2.24) is 23.8 Å². The van der Waals surface area contributed by atoms with Crippen molar-refractivity contribution >= 4 is 39.4 Å². The summed E-state index contributed by atoms with van der Waals surface area (Å²) < 4.78 is 29.7. The topological polar surface area (TPSA) is 84.6 Å². The average molecular weight is 523 g/mol. The molecule has 0 unspecified atom stereocenters. The van der Waals surface area contributed by atoms with Crippen LogP contribution in [0.4, 0.5) is 10.2 Å². The number of morpholine rings is 1. The fourth-order valence-electron chi connectivity index (χ4n) is 5.60. The van der Waals surface area contributed by atoms with E-state index >= 15 is 4.39 Å². The van der Waals surface area contributed by atoms with Gasteiger partial charge >= 0.3 is 0 Å². The highest BCUT2D eigenvalue weighted by Gasteiger charge is 2.30. The Morgan fingerprint density at radius 1 is 1.08 bits per heavy atom. The van der Waals surface area contributed by atoms with E-state index in [0.717, 1.165) is 17.6 Å². The van der Waals surface area contributed by atoms with E-state index in [9.17, 15) is 9.59 Å². The molecular formula is C27H31FN6O4. The lowest BCUT2D eigenvalue weighted by atomic mass is 10.1. The Bertz CT molecular complexity index is 1580. The summed E-state index contributed by atoms with van der Waals surface area (Å²) in [7, 11) is 3.51. The van der Waals surface area contributed by atoms with E-state index in [4.69, 9.17) is 14.5 Å². The molecule has 0 bridgehead atoms. The van der Waals surface area contributed by atoms with Crippen LogP contribution in [0.15, 0.2) is 35.1 Å². The molecule has 2 saturated heterocycles. The quantitative estimate of drug-likeness (QED) is 0.395. The first kappa shape index (κ1) is 24.8. The number of fused-ring (bicyclic) bond motifs is 5. The number of imidazole rings is 1. The van der Waals surface area contributed by atoms with E-state index < -0.39 is 11.2 Å². The number of methoxy groups -OCH3 is 1. The van der Waals surface area contributed by atoms with Crippen molar-refractivity contribution in [1.29, 1.82) is 0 Å². The lowest BCUT2D eigenvalue weighted by Crippen LogP contribution is -2.50. The largest absolute Gasteiger partial charge is 0.383 e. The van der Waals surface area contributed by atoms with Gasteiger partial charge < -0.3 is 23.8 Å². The van der Waals surface area contributed by atoms with Gasteiger partial charge in [-0.3, -0.25) is 18.9 Å². The molecule has 2 aliphatic heterocycles. The first-order valence-electron chi connectivity index (χ1n) is 12.9. The van der Waals surface area contributed by atoms with E-state index in [1.807, 2.05) is 45.2 Å². The number of para-hydroxylation sites is 2. The van der Waals surface area contributed by atoms with Crippen molar-refractivity contribution in [2.24, 2.45) is 7.05 Å². The molecule has 10 nitrogen and oxygen atoms in total. The van der Waals surface area contributed by atoms with Crippen LogP contribution in [0.5, 0.6) is 0 Å². The maximum atomic E-state index is 15.4. The minimum absolute atomic E-state index is 0.0434. The number of nitrogens with zero attached hydrogens (tertiary/aromatic N) is 6. The van der Waals surface area contributed by atoms with E-state index in [1.54, 1.807) is 12.0 Å². The Morgan fingerprint density at radius 2 is 1.79 bits per heavy atom. The first-order chi connectivity index (χ1) is 18.5. The molecule has 38 heavy (non-hydrogen) atoms. The summed E-state index contributed by atoms with van der Waals surface area (Å²) in [5.74, 6) is -0.737. The van der Waals surface area contributed by atoms with Gasteiger partial charge in [-0.1, -0.05) is 12.1 Å². The molecule has 1 amide bonds. The van der Waals surface area contributed by atoms with Crippen LogP contribution in [0.2, 0.25) is 0 Å². The van der Waals surface area contributed by atoms with Gasteiger partial charge in [0.1, 0.15) is 11.2 Å². The normalized spacial score (nSPS) is 17.2. The lowest BCUT2D eigenvalue weighted by molar-refractivity contribution is 0.0594. The monoisotopic (exact) mass is 522 g/mol. The zero-order chi connectivity index (χ0) is 26.4. The fraction of sp³-hybridized carbons (Fsp3) is 0.444. The van der Waals surface area contributed by atoms with Crippen LogP contribution in [0.3, 0.4) is 0 Å². The van der Waals surface area contributed by atoms with Gasteiger partial charge in [0.25, 0.3) is 5.91 Å². The van der Waals surface area contributed by atoms with Gasteiger partial charge in [0.2, 0.25) is 5.43 Å². The van der Waals surface area contributed by atoms with Gasteiger partial charge in [-0.2, -0.15) is 0 Å². The number of anilines is 1. The number of rotatable bonds is 5. The van der Waals surface area contributed by atoms with Gasteiger partial charge in [0.05, 0.1) is 36.2 Å². The molecule has 2 fully saturated rings. The number of carbonyl (C=O) groups excluding carboxylic acids is 1. The molecule has 0 saturated carbocycles. The summed E-state index contributed by atoms with van der Waals surface area (Å²) in [6.07, 6.45) is 0. The highest BCUT2D eigenvalue weighted by atomic mass is 19.1. The molecule has 200 valence electrons. The van der Waals surface area contributed by atoms with Crippen LogP contribution >= 0.6 is 0 Å². The molecule has 0 atom stereocenters. The number of hydrogen-bond donors (Lipinski definition) is 0. The molecule has 2 aliphatic rings.